The maximum absolute atomic E-state index is 11.7. The number of halogens is 1. The predicted octanol–water partition coefficient (Wildman–Crippen LogP) is 1.14. The smallest absolute Gasteiger partial charge is 0.251 e. The second-order valence-corrected chi connectivity index (χ2v) is 6.92. The topological polar surface area (TPSA) is 68.3 Å². The number of nitrogens with zero attached hydrogens (tertiary/aromatic N) is 1. The summed E-state index contributed by atoms with van der Waals surface area (Å²) < 4.78 is 31.2. The van der Waals surface area contributed by atoms with E-state index in [4.69, 9.17) is 4.74 Å². The minimum atomic E-state index is -3.41. The number of nitrogens with one attached hydrogen (secondary N) is 1. The normalized spacial score (nSPS) is 11.9. The van der Waals surface area contributed by atoms with Crippen LogP contribution in [0.5, 0.6) is 0 Å². The SMILES string of the molecule is Cc1ncc(S(=O)(=O)NCCOCCBr)s1. The summed E-state index contributed by atoms with van der Waals surface area (Å²) in [6.07, 6.45) is 1.36. The first-order chi connectivity index (χ1) is 7.56. The molecular formula is C8H13BrN2O3S2. The number of aromatic nitrogens is 1. The van der Waals surface area contributed by atoms with Crippen molar-refractivity contribution >= 4 is 37.3 Å². The molecule has 1 aromatic heterocycles. The highest BCUT2D eigenvalue weighted by Crippen LogP contribution is 2.16. The summed E-state index contributed by atoms with van der Waals surface area (Å²) in [6.45, 7) is 2.97. The number of thiazole rings is 1. The lowest BCUT2D eigenvalue weighted by Crippen LogP contribution is -2.27. The predicted molar refractivity (Wildman–Crippen MR) is 66.7 cm³/mol. The average molecular weight is 329 g/mol. The fourth-order valence-corrected chi connectivity index (χ4v) is 3.34. The van der Waals surface area contributed by atoms with Crippen molar-refractivity contribution in [2.75, 3.05) is 25.1 Å². The van der Waals surface area contributed by atoms with Crippen molar-refractivity contribution in [1.82, 2.24) is 9.71 Å². The van der Waals surface area contributed by atoms with Crippen molar-refractivity contribution in [2.24, 2.45) is 0 Å². The van der Waals surface area contributed by atoms with Crippen LogP contribution in [0, 0.1) is 6.92 Å². The van der Waals surface area contributed by atoms with Gasteiger partial charge in [0.05, 0.1) is 24.4 Å². The third-order valence-electron chi connectivity index (χ3n) is 1.62. The Morgan fingerprint density at radius 2 is 2.31 bits per heavy atom. The van der Waals surface area contributed by atoms with Gasteiger partial charge in [-0.1, -0.05) is 15.9 Å². The molecule has 1 heterocycles. The number of ether oxygens (including phenoxy) is 1. The monoisotopic (exact) mass is 328 g/mol. The first-order valence-electron chi connectivity index (χ1n) is 4.62. The second kappa shape index (κ2) is 6.65. The van der Waals surface area contributed by atoms with Crippen LogP contribution in [-0.2, 0) is 14.8 Å². The van der Waals surface area contributed by atoms with Crippen LogP contribution in [0.2, 0.25) is 0 Å². The van der Waals surface area contributed by atoms with Gasteiger partial charge in [-0.05, 0) is 6.92 Å². The highest BCUT2D eigenvalue weighted by molar-refractivity contribution is 9.09. The van der Waals surface area contributed by atoms with E-state index >= 15 is 0 Å². The Morgan fingerprint density at radius 3 is 2.88 bits per heavy atom. The van der Waals surface area contributed by atoms with Crippen molar-refractivity contribution in [2.45, 2.75) is 11.1 Å². The molecule has 8 heteroatoms. The number of hydrogen-bond acceptors (Lipinski definition) is 5. The lowest BCUT2D eigenvalue weighted by molar-refractivity contribution is 0.156. The molecule has 1 rings (SSSR count). The highest BCUT2D eigenvalue weighted by atomic mass is 79.9. The molecule has 0 aliphatic carbocycles. The lowest BCUT2D eigenvalue weighted by Gasteiger charge is -2.04. The number of rotatable bonds is 7. The molecule has 0 spiro atoms. The Kier molecular flexibility index (Phi) is 5.84. The fourth-order valence-electron chi connectivity index (χ4n) is 0.942. The van der Waals surface area contributed by atoms with Crippen LogP contribution in [0.3, 0.4) is 0 Å². The molecule has 0 bridgehead atoms. The Bertz CT molecular complexity index is 419. The average Bonchev–Trinajstić information content (AvgIpc) is 2.65. The van der Waals surface area contributed by atoms with E-state index in [1.165, 1.54) is 6.20 Å². The van der Waals surface area contributed by atoms with Crippen LogP contribution in [-0.4, -0.2) is 38.5 Å². The summed E-state index contributed by atoms with van der Waals surface area (Å²) >= 11 is 4.36. The van der Waals surface area contributed by atoms with Gasteiger partial charge in [-0.2, -0.15) is 0 Å². The first kappa shape index (κ1) is 14.0. The standard InChI is InChI=1S/C8H13BrN2O3S2/c1-7-10-6-8(15-7)16(12,13)11-3-5-14-4-2-9/h6,11H,2-5H2,1H3. The van der Waals surface area contributed by atoms with Crippen LogP contribution < -0.4 is 4.72 Å². The number of sulfonamides is 1. The minimum absolute atomic E-state index is 0.241. The van der Waals surface area contributed by atoms with E-state index in [2.05, 4.69) is 25.6 Å². The molecular weight excluding hydrogens is 316 g/mol. The molecule has 1 N–H and O–H groups in total. The molecule has 0 aromatic carbocycles. The van der Waals surface area contributed by atoms with Gasteiger partial charge in [-0.25, -0.2) is 18.1 Å². The summed E-state index contributed by atoms with van der Waals surface area (Å²) in [5, 5.41) is 1.48. The van der Waals surface area contributed by atoms with Crippen LogP contribution in [0.15, 0.2) is 10.4 Å². The van der Waals surface area contributed by atoms with E-state index in [1.54, 1.807) is 6.92 Å². The minimum Gasteiger partial charge on any atom is -0.379 e. The molecule has 0 saturated heterocycles. The highest BCUT2D eigenvalue weighted by Gasteiger charge is 2.15. The third-order valence-corrected chi connectivity index (χ3v) is 4.78. The van der Waals surface area contributed by atoms with Crippen LogP contribution >= 0.6 is 27.3 Å². The summed E-state index contributed by atoms with van der Waals surface area (Å²) in [7, 11) is -3.41. The molecule has 0 aliphatic rings. The van der Waals surface area contributed by atoms with E-state index < -0.39 is 10.0 Å². The summed E-state index contributed by atoms with van der Waals surface area (Å²) in [5.41, 5.74) is 0. The molecule has 1 aromatic rings. The van der Waals surface area contributed by atoms with Gasteiger partial charge in [0.25, 0.3) is 10.0 Å². The van der Waals surface area contributed by atoms with Gasteiger partial charge >= 0.3 is 0 Å². The summed E-state index contributed by atoms with van der Waals surface area (Å²) in [5.74, 6) is 0. The van der Waals surface area contributed by atoms with Gasteiger partial charge in [0.1, 0.15) is 0 Å². The summed E-state index contributed by atoms with van der Waals surface area (Å²) in [6, 6.07) is 0. The molecule has 0 aliphatic heterocycles. The maximum atomic E-state index is 11.7. The van der Waals surface area contributed by atoms with Gasteiger partial charge in [-0.3, -0.25) is 0 Å². The molecule has 5 nitrogen and oxygen atoms in total. The van der Waals surface area contributed by atoms with Crippen molar-refractivity contribution in [1.29, 1.82) is 0 Å². The van der Waals surface area contributed by atoms with Crippen molar-refractivity contribution in [3.05, 3.63) is 11.2 Å². The number of aryl methyl sites for hydroxylation is 1. The molecule has 16 heavy (non-hydrogen) atoms. The zero-order valence-corrected chi connectivity index (χ0v) is 12.0. The molecule has 0 saturated carbocycles. The van der Waals surface area contributed by atoms with E-state index in [9.17, 15) is 8.42 Å². The Morgan fingerprint density at radius 1 is 1.56 bits per heavy atom. The molecule has 0 atom stereocenters. The van der Waals surface area contributed by atoms with Crippen LogP contribution in [0.4, 0.5) is 0 Å². The fraction of sp³-hybridized carbons (Fsp3) is 0.625. The van der Waals surface area contributed by atoms with Crippen LogP contribution in [0.25, 0.3) is 0 Å². The van der Waals surface area contributed by atoms with Gasteiger partial charge in [-0.15, -0.1) is 11.3 Å². The zero-order valence-electron chi connectivity index (χ0n) is 8.77. The van der Waals surface area contributed by atoms with Gasteiger partial charge in [0.15, 0.2) is 4.21 Å². The molecule has 0 unspecified atom stereocenters. The zero-order chi connectivity index (χ0) is 12.0. The van der Waals surface area contributed by atoms with Gasteiger partial charge < -0.3 is 4.74 Å². The van der Waals surface area contributed by atoms with Crippen molar-refractivity contribution < 1.29 is 13.2 Å². The first-order valence-corrected chi connectivity index (χ1v) is 8.04. The Hall–Kier alpha value is -0.0200. The quantitative estimate of drug-likeness (QED) is 0.602. The molecule has 92 valence electrons. The van der Waals surface area contributed by atoms with Crippen molar-refractivity contribution in [3.8, 4) is 0 Å². The lowest BCUT2D eigenvalue weighted by atomic mass is 10.7. The molecule has 0 fully saturated rings. The van der Waals surface area contributed by atoms with E-state index in [0.717, 1.165) is 21.7 Å². The maximum Gasteiger partial charge on any atom is 0.251 e. The van der Waals surface area contributed by atoms with Gasteiger partial charge in [0.2, 0.25) is 0 Å². The second-order valence-electron chi connectivity index (χ2n) is 2.90. The largest absolute Gasteiger partial charge is 0.379 e. The molecule has 0 radical (unpaired) electrons. The number of alkyl halides is 1. The van der Waals surface area contributed by atoms with Crippen LogP contribution in [0.1, 0.15) is 5.01 Å². The number of hydrogen-bond donors (Lipinski definition) is 1. The Labute approximate surface area is 107 Å². The van der Waals surface area contributed by atoms with E-state index in [-0.39, 0.29) is 10.8 Å². The van der Waals surface area contributed by atoms with E-state index in [0.29, 0.717) is 13.2 Å². The summed E-state index contributed by atoms with van der Waals surface area (Å²) in [4.78, 5) is 3.90. The van der Waals surface area contributed by atoms with Crippen molar-refractivity contribution in [3.63, 3.8) is 0 Å². The Balaban J connectivity index is 2.41. The molecule has 0 amide bonds. The third kappa shape index (κ3) is 4.46. The van der Waals surface area contributed by atoms with Gasteiger partial charge in [0, 0.05) is 11.9 Å². The van der Waals surface area contributed by atoms with E-state index in [1.807, 2.05) is 0 Å².